The zero-order chi connectivity index (χ0) is 21.1. The number of carbonyl (C=O) groups excluding carboxylic acids is 1. The average molecular weight is 423 g/mol. The molecule has 0 saturated heterocycles. The molecular formula is C15H18ClF3N6O3. The first-order valence-electron chi connectivity index (χ1n) is 8.26. The number of nitro groups is 1. The summed E-state index contributed by atoms with van der Waals surface area (Å²) >= 11 is 5.67. The summed E-state index contributed by atoms with van der Waals surface area (Å²) in [6.45, 7) is 3.54. The topological polar surface area (TPSA) is 108 Å². The first kappa shape index (κ1) is 21.7. The van der Waals surface area contributed by atoms with E-state index in [2.05, 4.69) is 15.5 Å². The lowest BCUT2D eigenvalue weighted by Crippen LogP contribution is -2.26. The van der Waals surface area contributed by atoms with Crippen molar-refractivity contribution in [3.63, 3.8) is 0 Å². The Bertz CT molecular complexity index is 877. The van der Waals surface area contributed by atoms with Crippen LogP contribution in [0.5, 0.6) is 0 Å². The third kappa shape index (κ3) is 5.00. The van der Waals surface area contributed by atoms with Crippen LogP contribution in [0.25, 0.3) is 0 Å². The fourth-order valence-corrected chi connectivity index (χ4v) is 2.76. The van der Waals surface area contributed by atoms with E-state index in [4.69, 9.17) is 11.6 Å². The van der Waals surface area contributed by atoms with E-state index in [1.807, 2.05) is 0 Å². The highest BCUT2D eigenvalue weighted by Gasteiger charge is 2.38. The SMILES string of the molecule is Cc1c([N+](=O)[O-])cnn1CCC(=O)NCCCn1nc(C(F)(F)F)c(Cl)c1C. The zero-order valence-electron chi connectivity index (χ0n) is 15.1. The number of nitrogens with one attached hydrogen (secondary N) is 1. The van der Waals surface area contributed by atoms with Gasteiger partial charge < -0.3 is 5.32 Å². The van der Waals surface area contributed by atoms with Gasteiger partial charge in [0.15, 0.2) is 5.69 Å². The van der Waals surface area contributed by atoms with Crippen LogP contribution >= 0.6 is 11.6 Å². The maximum absolute atomic E-state index is 12.8. The molecule has 0 bridgehead atoms. The molecule has 2 rings (SSSR count). The molecule has 0 radical (unpaired) electrons. The minimum absolute atomic E-state index is 0.0600. The van der Waals surface area contributed by atoms with E-state index in [1.165, 1.54) is 18.5 Å². The molecule has 1 N–H and O–H groups in total. The molecule has 2 heterocycles. The second-order valence-corrected chi connectivity index (χ2v) is 6.40. The zero-order valence-corrected chi connectivity index (χ0v) is 15.8. The van der Waals surface area contributed by atoms with E-state index >= 15 is 0 Å². The summed E-state index contributed by atoms with van der Waals surface area (Å²) in [5.74, 6) is -0.302. The van der Waals surface area contributed by atoms with Crippen LogP contribution in [0.3, 0.4) is 0 Å². The molecule has 9 nitrogen and oxygen atoms in total. The van der Waals surface area contributed by atoms with Gasteiger partial charge in [0, 0.05) is 19.5 Å². The van der Waals surface area contributed by atoms with Crippen LogP contribution < -0.4 is 5.32 Å². The molecule has 0 spiro atoms. The summed E-state index contributed by atoms with van der Waals surface area (Å²) in [6.07, 6.45) is -3.08. The molecule has 0 saturated carbocycles. The molecule has 2 aromatic rings. The summed E-state index contributed by atoms with van der Waals surface area (Å²) < 4.78 is 40.8. The lowest BCUT2D eigenvalue weighted by molar-refractivity contribution is -0.385. The van der Waals surface area contributed by atoms with Crippen LogP contribution in [-0.2, 0) is 24.1 Å². The number of alkyl halides is 3. The van der Waals surface area contributed by atoms with Crippen LogP contribution in [0.4, 0.5) is 18.9 Å². The number of aromatic nitrogens is 4. The summed E-state index contributed by atoms with van der Waals surface area (Å²) in [4.78, 5) is 22.1. The van der Waals surface area contributed by atoms with Crippen LogP contribution in [0.2, 0.25) is 5.02 Å². The van der Waals surface area contributed by atoms with Crippen LogP contribution in [0, 0.1) is 24.0 Å². The normalized spacial score (nSPS) is 11.6. The molecule has 2 aromatic heterocycles. The Kier molecular flexibility index (Phi) is 6.65. The Morgan fingerprint density at radius 1 is 1.29 bits per heavy atom. The van der Waals surface area contributed by atoms with Gasteiger partial charge in [0.25, 0.3) is 0 Å². The van der Waals surface area contributed by atoms with Gasteiger partial charge in [0.1, 0.15) is 11.9 Å². The maximum Gasteiger partial charge on any atom is 0.436 e. The van der Waals surface area contributed by atoms with Crippen LogP contribution in [-0.4, -0.2) is 36.9 Å². The lowest BCUT2D eigenvalue weighted by Gasteiger charge is -2.07. The minimum Gasteiger partial charge on any atom is -0.356 e. The quantitative estimate of drug-likeness (QED) is 0.400. The predicted octanol–water partition coefficient (Wildman–Crippen LogP) is 2.87. The van der Waals surface area contributed by atoms with Crippen molar-refractivity contribution in [1.82, 2.24) is 24.9 Å². The van der Waals surface area contributed by atoms with Gasteiger partial charge in [-0.15, -0.1) is 0 Å². The number of amides is 1. The van der Waals surface area contributed by atoms with Gasteiger partial charge in [-0.1, -0.05) is 11.6 Å². The van der Waals surface area contributed by atoms with Crippen LogP contribution in [0.15, 0.2) is 6.20 Å². The number of carbonyl (C=O) groups is 1. The third-order valence-corrected chi connectivity index (χ3v) is 4.55. The van der Waals surface area contributed by atoms with E-state index in [-0.39, 0.29) is 43.3 Å². The van der Waals surface area contributed by atoms with Crippen LogP contribution in [0.1, 0.15) is 29.9 Å². The van der Waals surface area contributed by atoms with Gasteiger partial charge >= 0.3 is 11.9 Å². The number of hydrogen-bond acceptors (Lipinski definition) is 5. The molecule has 28 heavy (non-hydrogen) atoms. The van der Waals surface area contributed by atoms with Crippen molar-refractivity contribution < 1.29 is 22.9 Å². The molecule has 0 aliphatic heterocycles. The summed E-state index contributed by atoms with van der Waals surface area (Å²) in [5, 5.41) is 20.3. The molecule has 0 aliphatic carbocycles. The number of nitrogens with zero attached hydrogens (tertiary/aromatic N) is 5. The Labute approximate surface area is 162 Å². The summed E-state index contributed by atoms with van der Waals surface area (Å²) in [5.41, 5.74) is -0.688. The fraction of sp³-hybridized carbons (Fsp3) is 0.533. The Morgan fingerprint density at radius 2 is 1.96 bits per heavy atom. The van der Waals surface area contributed by atoms with E-state index in [1.54, 1.807) is 0 Å². The van der Waals surface area contributed by atoms with Crippen molar-refractivity contribution in [3.8, 4) is 0 Å². The fourth-order valence-electron chi connectivity index (χ4n) is 2.52. The van der Waals surface area contributed by atoms with Gasteiger partial charge in [-0.3, -0.25) is 24.3 Å². The first-order chi connectivity index (χ1) is 13.0. The van der Waals surface area contributed by atoms with Gasteiger partial charge in [0.05, 0.1) is 22.2 Å². The Hall–Kier alpha value is -2.63. The van der Waals surface area contributed by atoms with E-state index in [0.29, 0.717) is 12.1 Å². The maximum atomic E-state index is 12.8. The number of aryl methyl sites for hydroxylation is 2. The second kappa shape index (κ2) is 8.59. The molecule has 0 aromatic carbocycles. The molecule has 0 unspecified atom stereocenters. The molecule has 0 aliphatic rings. The Balaban J connectivity index is 1.78. The molecular weight excluding hydrogens is 405 g/mol. The van der Waals surface area contributed by atoms with Crippen molar-refractivity contribution in [2.45, 2.75) is 46.0 Å². The van der Waals surface area contributed by atoms with E-state index in [9.17, 15) is 28.1 Å². The van der Waals surface area contributed by atoms with Crippen molar-refractivity contribution in [3.05, 3.63) is 38.4 Å². The van der Waals surface area contributed by atoms with Crippen molar-refractivity contribution >= 4 is 23.2 Å². The lowest BCUT2D eigenvalue weighted by atomic mass is 10.3. The van der Waals surface area contributed by atoms with Crippen molar-refractivity contribution in [2.24, 2.45) is 0 Å². The highest BCUT2D eigenvalue weighted by atomic mass is 35.5. The molecule has 154 valence electrons. The molecule has 1 amide bonds. The van der Waals surface area contributed by atoms with Crippen molar-refractivity contribution in [1.29, 1.82) is 0 Å². The Morgan fingerprint density at radius 3 is 2.50 bits per heavy atom. The first-order valence-corrected chi connectivity index (χ1v) is 8.63. The monoisotopic (exact) mass is 422 g/mol. The number of rotatable bonds is 8. The minimum atomic E-state index is -4.62. The number of halogens is 4. The van der Waals surface area contributed by atoms with Gasteiger partial charge in [-0.25, -0.2) is 0 Å². The van der Waals surface area contributed by atoms with E-state index < -0.39 is 21.8 Å². The average Bonchev–Trinajstić information content (AvgIpc) is 3.11. The molecule has 0 fully saturated rings. The summed E-state index contributed by atoms with van der Waals surface area (Å²) in [7, 11) is 0. The largest absolute Gasteiger partial charge is 0.436 e. The van der Waals surface area contributed by atoms with E-state index in [0.717, 1.165) is 10.9 Å². The van der Waals surface area contributed by atoms with Gasteiger partial charge in [-0.05, 0) is 20.3 Å². The highest BCUT2D eigenvalue weighted by Crippen LogP contribution is 2.35. The standard InChI is InChI=1S/C15H18ClF3N6O3/c1-9-11(25(27)28)8-21-23(9)7-4-12(26)20-5-3-6-24-10(2)13(16)14(22-24)15(17,18)19/h8H,3-7H2,1-2H3,(H,20,26). The van der Waals surface area contributed by atoms with Gasteiger partial charge in [-0.2, -0.15) is 23.4 Å². The van der Waals surface area contributed by atoms with Gasteiger partial charge in [0.2, 0.25) is 5.91 Å². The highest BCUT2D eigenvalue weighted by molar-refractivity contribution is 6.31. The second-order valence-electron chi connectivity index (χ2n) is 6.02. The smallest absolute Gasteiger partial charge is 0.356 e. The number of hydrogen-bond donors (Lipinski definition) is 1. The molecule has 0 atom stereocenters. The summed E-state index contributed by atoms with van der Waals surface area (Å²) in [6, 6.07) is 0. The predicted molar refractivity (Wildman–Crippen MR) is 92.8 cm³/mol. The van der Waals surface area contributed by atoms with Crippen molar-refractivity contribution in [2.75, 3.05) is 6.54 Å². The molecule has 13 heteroatoms. The third-order valence-electron chi connectivity index (χ3n) is 4.10.